The van der Waals surface area contributed by atoms with E-state index in [1.807, 2.05) is 78.9 Å². The highest BCUT2D eigenvalue weighted by atomic mass is 35.5. The van der Waals surface area contributed by atoms with Gasteiger partial charge in [0.05, 0.1) is 31.8 Å². The maximum atomic E-state index is 12.6. The first kappa shape index (κ1) is 57.4. The Morgan fingerprint density at radius 2 is 1.24 bits per heavy atom. The van der Waals surface area contributed by atoms with Crippen molar-refractivity contribution >= 4 is 64.7 Å². The number of hydrogen-bond acceptors (Lipinski definition) is 10. The lowest BCUT2D eigenvalue weighted by molar-refractivity contribution is 0.123. The van der Waals surface area contributed by atoms with Crippen molar-refractivity contribution in [2.75, 3.05) is 58.0 Å². The fourth-order valence-electron chi connectivity index (χ4n) is 7.71. The van der Waals surface area contributed by atoms with Crippen molar-refractivity contribution in [1.82, 2.24) is 25.8 Å². The Kier molecular flexibility index (Phi) is 27.4. The van der Waals surface area contributed by atoms with Gasteiger partial charge in [0, 0.05) is 66.2 Å². The number of amides is 5. The summed E-state index contributed by atoms with van der Waals surface area (Å²) >= 11 is 17.9. The van der Waals surface area contributed by atoms with Crippen molar-refractivity contribution in [2.45, 2.75) is 102 Å². The van der Waals surface area contributed by atoms with Gasteiger partial charge in [0.1, 0.15) is 6.61 Å². The fourth-order valence-corrected chi connectivity index (χ4v) is 8.31. The van der Waals surface area contributed by atoms with Gasteiger partial charge in [0.15, 0.2) is 0 Å². The molecule has 4 fully saturated rings. The highest BCUT2D eigenvalue weighted by Crippen LogP contribution is 2.21. The SMILES string of the molecule is C1CCOC1.CCc1ccc(NC(=O)OC[C@@H]2CCCN2C(=O)NCc2ccccc2Cl)cc1.O=C(NCc1ccccc1Cl)N1CCC[C@H]1CO.O=C=NCc1ccccc1Cl.OC[C@@H]1CCCN1. The van der Waals surface area contributed by atoms with Gasteiger partial charge in [-0.25, -0.2) is 24.2 Å². The lowest BCUT2D eigenvalue weighted by Crippen LogP contribution is -2.44. The van der Waals surface area contributed by atoms with E-state index in [1.165, 1.54) is 30.9 Å². The minimum atomic E-state index is -0.516. The number of nitrogens with one attached hydrogen (secondary N) is 4. The van der Waals surface area contributed by atoms with Crippen molar-refractivity contribution in [3.8, 4) is 0 Å². The highest BCUT2D eigenvalue weighted by Gasteiger charge is 2.30. The van der Waals surface area contributed by atoms with Crippen LogP contribution in [0.1, 0.15) is 80.5 Å². The Morgan fingerprint density at radius 1 is 0.714 bits per heavy atom. The van der Waals surface area contributed by atoms with Crippen LogP contribution in [0.5, 0.6) is 0 Å². The molecule has 0 unspecified atom stereocenters. The molecule has 6 N–H and O–H groups in total. The van der Waals surface area contributed by atoms with Gasteiger partial charge in [-0.2, -0.15) is 0 Å². The number of halogens is 3. The maximum Gasteiger partial charge on any atom is 0.411 e. The number of carbonyl (C=O) groups is 3. The van der Waals surface area contributed by atoms with Crippen LogP contribution in [0, 0.1) is 0 Å². The molecule has 70 heavy (non-hydrogen) atoms. The third kappa shape index (κ3) is 21.0. The van der Waals surface area contributed by atoms with E-state index in [0.717, 1.165) is 75.0 Å². The molecule has 0 saturated carbocycles. The molecule has 18 heteroatoms. The highest BCUT2D eigenvalue weighted by molar-refractivity contribution is 6.32. The molecule has 4 heterocycles. The molecule has 15 nitrogen and oxygen atoms in total. The summed E-state index contributed by atoms with van der Waals surface area (Å²) in [6, 6.07) is 29.7. The van der Waals surface area contributed by atoms with Gasteiger partial charge >= 0.3 is 18.2 Å². The predicted octanol–water partition coefficient (Wildman–Crippen LogP) is 9.53. The number of ether oxygens (including phenoxy) is 2. The molecule has 0 aromatic heterocycles. The average molecular weight is 1030 g/mol. The van der Waals surface area contributed by atoms with Gasteiger partial charge in [0.25, 0.3) is 0 Å². The zero-order valence-corrected chi connectivity index (χ0v) is 42.2. The summed E-state index contributed by atoms with van der Waals surface area (Å²) in [5.41, 5.74) is 4.49. The second-order valence-electron chi connectivity index (χ2n) is 16.7. The third-order valence-electron chi connectivity index (χ3n) is 11.8. The second kappa shape index (κ2) is 33.4. The second-order valence-corrected chi connectivity index (χ2v) is 18.0. The van der Waals surface area contributed by atoms with E-state index < -0.39 is 6.09 Å². The number of rotatable bonds is 12. The number of urea groups is 2. The van der Waals surface area contributed by atoms with E-state index in [1.54, 1.807) is 28.0 Å². The van der Waals surface area contributed by atoms with Gasteiger partial charge in [-0.15, -0.1) is 0 Å². The number of likely N-dealkylation sites (tertiary alicyclic amines) is 2. The zero-order valence-electron chi connectivity index (χ0n) is 39.9. The van der Waals surface area contributed by atoms with Gasteiger partial charge < -0.3 is 45.4 Å². The number of aliphatic hydroxyl groups excluding tert-OH is 2. The van der Waals surface area contributed by atoms with Crippen molar-refractivity contribution in [1.29, 1.82) is 0 Å². The third-order valence-corrected chi connectivity index (χ3v) is 12.9. The molecule has 4 aromatic rings. The van der Waals surface area contributed by atoms with Crippen molar-refractivity contribution < 1.29 is 38.9 Å². The van der Waals surface area contributed by atoms with Crippen LogP contribution >= 0.6 is 34.8 Å². The van der Waals surface area contributed by atoms with Crippen molar-refractivity contribution in [3.63, 3.8) is 0 Å². The topological polar surface area (TPSA) is 194 Å². The van der Waals surface area contributed by atoms with Crippen LogP contribution in [-0.2, 0) is 40.3 Å². The van der Waals surface area contributed by atoms with Crippen LogP contribution in [0.3, 0.4) is 0 Å². The molecule has 0 radical (unpaired) electrons. The average Bonchev–Trinajstić information content (AvgIpc) is 4.26. The lowest BCUT2D eigenvalue weighted by Gasteiger charge is -2.25. The summed E-state index contributed by atoms with van der Waals surface area (Å²) < 4.78 is 10.3. The first-order valence-corrected chi connectivity index (χ1v) is 25.1. The van der Waals surface area contributed by atoms with E-state index in [4.69, 9.17) is 49.4 Å². The standard InChI is InChI=1S/C22H26ClN3O3.C13H17ClN2O2.C8H6ClNO.C5H11NO.C4H8O/c1-2-16-9-11-18(12-10-16)25-22(28)29-15-19-7-5-13-26(19)21(27)24-14-17-6-3-4-8-20(17)23;14-12-6-2-1-4-10(12)8-15-13(18)16-7-3-5-11(16)9-17;9-8-4-2-1-3-7(8)5-10-6-11;7-4-5-2-1-3-6-5;1-2-4-5-3-1/h3-4,6,8-12,19H,2,5,7,13-15H2,1H3,(H,24,27)(H,25,28);1-2,4,6,11,17H,3,5,7-9H2,(H,15,18);1-4H,5H2;5-7H,1-4H2;1-4H2/t19-;11-;;5-;/m00.0./s1. The summed E-state index contributed by atoms with van der Waals surface area (Å²) in [6.45, 7) is 8.09. The number of isocyanates is 1. The molecule has 4 aliphatic rings. The van der Waals surface area contributed by atoms with Crippen LogP contribution in [0.2, 0.25) is 15.1 Å². The van der Waals surface area contributed by atoms with Gasteiger partial charge in [0.2, 0.25) is 6.08 Å². The predicted molar refractivity (Wildman–Crippen MR) is 276 cm³/mol. The van der Waals surface area contributed by atoms with Gasteiger partial charge in [-0.3, -0.25) is 5.32 Å². The molecule has 5 amide bonds. The molecule has 4 saturated heterocycles. The normalized spacial score (nSPS) is 17.7. The Balaban J connectivity index is 0.000000218. The number of nitrogens with zero attached hydrogens (tertiary/aromatic N) is 3. The molecule has 0 bridgehead atoms. The molecule has 8 rings (SSSR count). The minimum Gasteiger partial charge on any atom is -0.447 e. The van der Waals surface area contributed by atoms with Gasteiger partial charge in [-0.1, -0.05) is 108 Å². The summed E-state index contributed by atoms with van der Waals surface area (Å²) in [4.78, 5) is 53.2. The zero-order chi connectivity index (χ0) is 50.4. The van der Waals surface area contributed by atoms with Crippen LogP contribution in [0.4, 0.5) is 20.1 Å². The summed E-state index contributed by atoms with van der Waals surface area (Å²) in [7, 11) is 0. The Morgan fingerprint density at radius 3 is 1.69 bits per heavy atom. The Bertz CT molecular complexity index is 2200. The molecule has 3 atom stereocenters. The fraction of sp³-hybridized carbons (Fsp3) is 0.462. The monoisotopic (exact) mass is 1020 g/mol. The van der Waals surface area contributed by atoms with Gasteiger partial charge in [-0.05, 0) is 117 Å². The molecule has 0 spiro atoms. The van der Waals surface area contributed by atoms with E-state index in [0.29, 0.717) is 66.1 Å². The number of aliphatic imine (C=N–C) groups is 1. The molecule has 0 aliphatic carbocycles. The summed E-state index contributed by atoms with van der Waals surface area (Å²) in [5.74, 6) is 0. The van der Waals surface area contributed by atoms with Crippen LogP contribution < -0.4 is 21.3 Å². The molecular formula is C52H68Cl3N7O8. The van der Waals surface area contributed by atoms with E-state index in [-0.39, 0.29) is 37.4 Å². The number of aliphatic hydroxyl groups is 2. The largest absolute Gasteiger partial charge is 0.447 e. The minimum absolute atomic E-state index is 0.0273. The number of carbonyl (C=O) groups excluding carboxylic acids is 4. The lowest BCUT2D eigenvalue weighted by atomic mass is 10.1. The quantitative estimate of drug-likeness (QED) is 0.0592. The van der Waals surface area contributed by atoms with E-state index in [9.17, 15) is 24.3 Å². The number of aryl methyl sites for hydroxylation is 1. The van der Waals surface area contributed by atoms with E-state index in [2.05, 4.69) is 33.2 Å². The first-order chi connectivity index (χ1) is 34.1. The Labute approximate surface area is 427 Å². The number of hydrogen-bond donors (Lipinski definition) is 6. The Hall–Kier alpha value is -5.22. The molecule has 4 aromatic carbocycles. The maximum absolute atomic E-state index is 12.6. The van der Waals surface area contributed by atoms with Crippen LogP contribution in [-0.4, -0.2) is 115 Å². The summed E-state index contributed by atoms with van der Waals surface area (Å²) in [6.07, 6.45) is 10.3. The molecular weight excluding hydrogens is 957 g/mol. The first-order valence-electron chi connectivity index (χ1n) is 23.9. The smallest absolute Gasteiger partial charge is 0.411 e. The molecule has 4 aliphatic heterocycles. The van der Waals surface area contributed by atoms with Crippen LogP contribution in [0.15, 0.2) is 102 Å². The molecule has 380 valence electrons. The van der Waals surface area contributed by atoms with Crippen molar-refractivity contribution in [3.05, 3.63) is 134 Å². The van der Waals surface area contributed by atoms with Crippen molar-refractivity contribution in [2.24, 2.45) is 4.99 Å². The van der Waals surface area contributed by atoms with E-state index >= 15 is 0 Å². The van der Waals surface area contributed by atoms with Crippen LogP contribution in [0.25, 0.3) is 0 Å². The summed E-state index contributed by atoms with van der Waals surface area (Å²) in [5, 5.41) is 31.2. The number of benzene rings is 4. The number of anilines is 1.